The molecule has 1 aliphatic rings. The summed E-state index contributed by atoms with van der Waals surface area (Å²) in [6.45, 7) is 10.4. The number of para-hydroxylation sites is 1. The molecule has 42 heavy (non-hydrogen) atoms. The Balaban J connectivity index is 1.68. The van der Waals surface area contributed by atoms with Crippen molar-refractivity contribution in [1.82, 2.24) is 0 Å². The first-order chi connectivity index (χ1) is 20.1. The molecule has 0 spiro atoms. The number of nitrogens with zero attached hydrogens (tertiary/aromatic N) is 1. The van der Waals surface area contributed by atoms with Gasteiger partial charge < -0.3 is 5.32 Å². The zero-order valence-corrected chi connectivity index (χ0v) is 25.9. The quantitative estimate of drug-likeness (QED) is 0.227. The number of sulfone groups is 1. The molecule has 0 saturated carbocycles. The van der Waals surface area contributed by atoms with Crippen molar-refractivity contribution in [1.29, 1.82) is 0 Å². The number of hydrogen-bond donors (Lipinski definition) is 1. The Hall–Kier alpha value is -3.90. The molecule has 0 heterocycles. The number of anilines is 2. The van der Waals surface area contributed by atoms with Gasteiger partial charge in [0.25, 0.3) is 0 Å². The summed E-state index contributed by atoms with van der Waals surface area (Å²) >= 11 is 0. The lowest BCUT2D eigenvalue weighted by atomic mass is 9.92. The first-order valence-corrected chi connectivity index (χ1v) is 16.3. The van der Waals surface area contributed by atoms with E-state index in [1.54, 1.807) is 30.3 Å². The van der Waals surface area contributed by atoms with Gasteiger partial charge in [0, 0.05) is 17.3 Å². The molecular formula is C36H40N2O3S. The summed E-state index contributed by atoms with van der Waals surface area (Å²) in [5, 5.41) is 2.10. The molecule has 1 aliphatic carbocycles. The van der Waals surface area contributed by atoms with Crippen LogP contribution in [0.2, 0.25) is 0 Å². The molecule has 0 bridgehead atoms. The van der Waals surface area contributed by atoms with Crippen molar-refractivity contribution in [3.8, 4) is 0 Å². The van der Waals surface area contributed by atoms with Crippen molar-refractivity contribution in [2.45, 2.75) is 69.6 Å². The maximum Gasteiger partial charge on any atom is 0.327 e. The molecule has 1 N–H and O–H groups in total. The van der Waals surface area contributed by atoms with Gasteiger partial charge in [-0.2, -0.15) is 0 Å². The van der Waals surface area contributed by atoms with Gasteiger partial charge in [-0.25, -0.2) is 13.2 Å². The molecule has 0 aliphatic heterocycles. The van der Waals surface area contributed by atoms with Crippen LogP contribution < -0.4 is 10.2 Å². The second kappa shape index (κ2) is 12.1. The second-order valence-corrected chi connectivity index (χ2v) is 14.0. The van der Waals surface area contributed by atoms with Gasteiger partial charge in [-0.1, -0.05) is 106 Å². The maximum absolute atomic E-state index is 14.6. The van der Waals surface area contributed by atoms with Crippen molar-refractivity contribution in [2.75, 3.05) is 10.2 Å². The highest BCUT2D eigenvalue weighted by Gasteiger charge is 2.44. The first-order valence-electron chi connectivity index (χ1n) is 14.7. The minimum absolute atomic E-state index is 0.167. The second-order valence-electron chi connectivity index (χ2n) is 11.9. The Morgan fingerprint density at radius 1 is 0.738 bits per heavy atom. The standard InChI is InChI=1S/C36H40N2O3S/c1-24(2)32-16-11-17-33(25(3)4)34(32)37-36(39)38(30-20-18-26(5)19-21-30)35(42(40,41)31-14-7-6-8-15-31)29-22-27-12-9-10-13-28(27)23-29/h6-21,24-25,29,35H,22-23H2,1-5H3,(H,37,39). The van der Waals surface area contributed by atoms with Crippen LogP contribution in [0.1, 0.15) is 67.3 Å². The third kappa shape index (κ3) is 5.86. The van der Waals surface area contributed by atoms with Crippen molar-refractivity contribution >= 4 is 27.2 Å². The van der Waals surface area contributed by atoms with E-state index < -0.39 is 21.2 Å². The number of rotatable bonds is 8. The van der Waals surface area contributed by atoms with Crippen LogP contribution in [0.5, 0.6) is 0 Å². The smallest absolute Gasteiger partial charge is 0.307 e. The number of carbonyl (C=O) groups is 1. The summed E-state index contributed by atoms with van der Waals surface area (Å²) in [5.41, 5.74) is 6.65. The van der Waals surface area contributed by atoms with Gasteiger partial charge in [-0.15, -0.1) is 0 Å². The van der Waals surface area contributed by atoms with Crippen LogP contribution in [0.25, 0.3) is 0 Å². The average molecular weight is 581 g/mol. The lowest BCUT2D eigenvalue weighted by Crippen LogP contribution is -2.51. The number of benzene rings is 4. The van der Waals surface area contributed by atoms with E-state index in [4.69, 9.17) is 0 Å². The van der Waals surface area contributed by atoms with E-state index in [-0.39, 0.29) is 22.6 Å². The fourth-order valence-corrected chi connectivity index (χ4v) is 8.10. The van der Waals surface area contributed by atoms with E-state index in [2.05, 4.69) is 45.1 Å². The van der Waals surface area contributed by atoms with Crippen LogP contribution in [0.4, 0.5) is 16.2 Å². The van der Waals surface area contributed by atoms with Gasteiger partial charge in [0.15, 0.2) is 9.84 Å². The first kappa shape index (κ1) is 29.6. The third-order valence-electron chi connectivity index (χ3n) is 8.27. The predicted molar refractivity (Wildman–Crippen MR) is 172 cm³/mol. The summed E-state index contributed by atoms with van der Waals surface area (Å²) < 4.78 is 29.3. The Bertz CT molecular complexity index is 1610. The van der Waals surface area contributed by atoms with Crippen molar-refractivity contribution in [2.24, 2.45) is 5.92 Å². The zero-order valence-electron chi connectivity index (χ0n) is 25.0. The Kier molecular flexibility index (Phi) is 8.55. The zero-order chi connectivity index (χ0) is 30.0. The number of amides is 2. The van der Waals surface area contributed by atoms with Crippen LogP contribution in [0.15, 0.2) is 102 Å². The normalized spacial score (nSPS) is 14.2. The summed E-state index contributed by atoms with van der Waals surface area (Å²) in [6, 6.07) is 29.8. The van der Waals surface area contributed by atoms with Crippen LogP contribution in [-0.4, -0.2) is 19.8 Å². The minimum atomic E-state index is -3.98. The number of carbonyl (C=O) groups excluding carboxylic acids is 1. The molecule has 0 saturated heterocycles. The van der Waals surface area contributed by atoms with Gasteiger partial charge in [-0.05, 0) is 78.1 Å². The number of aryl methyl sites for hydroxylation is 1. The predicted octanol–water partition coefficient (Wildman–Crippen LogP) is 8.50. The van der Waals surface area contributed by atoms with E-state index in [0.717, 1.165) is 33.5 Å². The van der Waals surface area contributed by atoms with Crippen LogP contribution >= 0.6 is 0 Å². The lowest BCUT2D eigenvalue weighted by molar-refractivity contribution is 0.254. The van der Waals surface area contributed by atoms with E-state index >= 15 is 0 Å². The van der Waals surface area contributed by atoms with Gasteiger partial charge in [0.2, 0.25) is 0 Å². The fraction of sp³-hybridized carbons (Fsp3) is 0.306. The van der Waals surface area contributed by atoms with Gasteiger partial charge >= 0.3 is 6.03 Å². The molecule has 1 unspecified atom stereocenters. The minimum Gasteiger partial charge on any atom is -0.307 e. The average Bonchev–Trinajstić information content (AvgIpc) is 3.40. The summed E-state index contributed by atoms with van der Waals surface area (Å²) in [6.07, 6.45) is 1.14. The molecule has 218 valence electrons. The fourth-order valence-electron chi connectivity index (χ4n) is 6.09. The number of fused-ring (bicyclic) bond motifs is 1. The summed E-state index contributed by atoms with van der Waals surface area (Å²) in [5.74, 6) is 0.00424. The van der Waals surface area contributed by atoms with Crippen molar-refractivity contribution in [3.63, 3.8) is 0 Å². The van der Waals surface area contributed by atoms with E-state index in [9.17, 15) is 13.2 Å². The molecule has 2 amide bonds. The molecule has 5 rings (SSSR count). The molecule has 4 aromatic rings. The van der Waals surface area contributed by atoms with Gasteiger partial charge in [0.1, 0.15) is 5.37 Å². The monoisotopic (exact) mass is 580 g/mol. The topological polar surface area (TPSA) is 66.5 Å². The van der Waals surface area contributed by atoms with Crippen LogP contribution in [-0.2, 0) is 22.7 Å². The summed E-state index contributed by atoms with van der Waals surface area (Å²) in [4.78, 5) is 16.4. The number of urea groups is 1. The molecular weight excluding hydrogens is 540 g/mol. The maximum atomic E-state index is 14.6. The van der Waals surface area contributed by atoms with Crippen molar-refractivity contribution < 1.29 is 13.2 Å². The Labute approximate surface area is 250 Å². The molecule has 0 aromatic heterocycles. The van der Waals surface area contributed by atoms with Crippen LogP contribution in [0.3, 0.4) is 0 Å². The SMILES string of the molecule is Cc1ccc(N(C(=O)Nc2c(C(C)C)cccc2C(C)C)C(C2Cc3ccccc3C2)S(=O)(=O)c2ccccc2)cc1. The van der Waals surface area contributed by atoms with Gasteiger partial charge in [-0.3, -0.25) is 4.90 Å². The van der Waals surface area contributed by atoms with E-state index in [1.165, 1.54) is 4.90 Å². The van der Waals surface area contributed by atoms with Crippen molar-refractivity contribution in [3.05, 3.63) is 125 Å². The summed E-state index contributed by atoms with van der Waals surface area (Å²) in [7, 11) is -3.98. The number of hydrogen-bond acceptors (Lipinski definition) is 3. The molecule has 4 aromatic carbocycles. The Morgan fingerprint density at radius 2 is 1.26 bits per heavy atom. The highest BCUT2D eigenvalue weighted by Crippen LogP contribution is 2.39. The molecule has 1 atom stereocenters. The lowest BCUT2D eigenvalue weighted by Gasteiger charge is -2.36. The molecule has 5 nitrogen and oxygen atoms in total. The molecule has 0 fully saturated rings. The molecule has 6 heteroatoms. The van der Waals surface area contributed by atoms with Crippen LogP contribution in [0, 0.1) is 12.8 Å². The van der Waals surface area contributed by atoms with E-state index in [1.807, 2.05) is 61.5 Å². The van der Waals surface area contributed by atoms with Gasteiger partial charge in [0.05, 0.1) is 4.90 Å². The van der Waals surface area contributed by atoms with E-state index in [0.29, 0.717) is 18.5 Å². The molecule has 0 radical (unpaired) electrons. The highest BCUT2D eigenvalue weighted by atomic mass is 32.2. The third-order valence-corrected chi connectivity index (χ3v) is 10.4. The largest absolute Gasteiger partial charge is 0.327 e. The highest BCUT2D eigenvalue weighted by molar-refractivity contribution is 7.92. The Morgan fingerprint density at radius 3 is 1.79 bits per heavy atom. The number of nitrogens with one attached hydrogen (secondary N) is 1.